The maximum Gasteiger partial charge on any atom is 0.335 e. The predicted molar refractivity (Wildman–Crippen MR) is 65.8 cm³/mol. The molecule has 104 valence electrons. The van der Waals surface area contributed by atoms with Crippen molar-refractivity contribution in [1.29, 1.82) is 0 Å². The van der Waals surface area contributed by atoms with Gasteiger partial charge in [-0.05, 0) is 36.4 Å². The third-order valence-electron chi connectivity index (χ3n) is 2.61. The van der Waals surface area contributed by atoms with Crippen LogP contribution in [0.5, 0.6) is 11.5 Å². The highest BCUT2D eigenvalue weighted by molar-refractivity contribution is 5.87. The summed E-state index contributed by atoms with van der Waals surface area (Å²) in [5, 5.41) is 17.8. The average Bonchev–Trinajstić information content (AvgIpc) is 2.39. The molecule has 2 aromatic carbocycles. The van der Waals surface area contributed by atoms with Gasteiger partial charge in [0.25, 0.3) is 0 Å². The van der Waals surface area contributed by atoms with Gasteiger partial charge >= 0.3 is 5.97 Å². The summed E-state index contributed by atoms with van der Waals surface area (Å²) in [7, 11) is 0. The van der Waals surface area contributed by atoms with E-state index in [1.807, 2.05) is 0 Å². The van der Waals surface area contributed by atoms with Crippen molar-refractivity contribution in [3.8, 4) is 11.5 Å². The number of carboxylic acid groups (broad SMARTS) is 1. The Labute approximate surface area is 112 Å². The summed E-state index contributed by atoms with van der Waals surface area (Å²) in [5.41, 5.74) is -0.823. The monoisotopic (exact) mass is 280 g/mol. The molecule has 2 N–H and O–H groups in total. The second-order valence-electron chi connectivity index (χ2n) is 4.01. The first-order chi connectivity index (χ1) is 9.47. The lowest BCUT2D eigenvalue weighted by atomic mass is 10.1. The number of aromatic carboxylic acids is 1. The van der Waals surface area contributed by atoms with Crippen LogP contribution in [0.25, 0.3) is 0 Å². The van der Waals surface area contributed by atoms with Crippen molar-refractivity contribution in [2.75, 3.05) is 0 Å². The van der Waals surface area contributed by atoms with Crippen LogP contribution in [-0.2, 0) is 6.61 Å². The van der Waals surface area contributed by atoms with Gasteiger partial charge in [-0.3, -0.25) is 0 Å². The van der Waals surface area contributed by atoms with Gasteiger partial charge in [-0.2, -0.15) is 0 Å². The lowest BCUT2D eigenvalue weighted by Crippen LogP contribution is -2.06. The van der Waals surface area contributed by atoms with E-state index in [1.54, 1.807) is 0 Å². The van der Waals surface area contributed by atoms with Gasteiger partial charge in [0.2, 0.25) is 0 Å². The third-order valence-corrected chi connectivity index (χ3v) is 2.61. The highest BCUT2D eigenvalue weighted by Gasteiger charge is 2.15. The van der Waals surface area contributed by atoms with E-state index >= 15 is 0 Å². The van der Waals surface area contributed by atoms with Crippen LogP contribution in [0.1, 0.15) is 15.9 Å². The van der Waals surface area contributed by atoms with Gasteiger partial charge in [0.05, 0.1) is 11.1 Å². The maximum atomic E-state index is 13.6. The first-order valence-corrected chi connectivity index (χ1v) is 5.60. The molecular formula is C14H10F2O4. The Morgan fingerprint density at radius 1 is 1.10 bits per heavy atom. The summed E-state index contributed by atoms with van der Waals surface area (Å²) < 4.78 is 32.4. The Morgan fingerprint density at radius 3 is 2.15 bits per heavy atom. The molecule has 0 aliphatic heterocycles. The van der Waals surface area contributed by atoms with Crippen LogP contribution in [0, 0.1) is 11.6 Å². The van der Waals surface area contributed by atoms with E-state index in [-0.39, 0.29) is 17.9 Å². The van der Waals surface area contributed by atoms with Gasteiger partial charge in [0.15, 0.2) is 0 Å². The van der Waals surface area contributed by atoms with E-state index < -0.39 is 23.2 Å². The molecule has 2 aromatic rings. The van der Waals surface area contributed by atoms with Crippen molar-refractivity contribution in [2.24, 2.45) is 0 Å². The number of phenolic OH excluding ortho intramolecular Hbond substituents is 1. The standard InChI is InChI=1S/C14H10F2O4/c15-12-5-8(14(18)19)6-13(16)11(12)7-20-10-3-1-9(17)2-4-10/h1-6,17H,7H2,(H,18,19). The minimum absolute atomic E-state index is 0.0422. The third kappa shape index (κ3) is 3.03. The van der Waals surface area contributed by atoms with Crippen molar-refractivity contribution in [2.45, 2.75) is 6.61 Å². The highest BCUT2D eigenvalue weighted by Crippen LogP contribution is 2.20. The average molecular weight is 280 g/mol. The van der Waals surface area contributed by atoms with E-state index in [9.17, 15) is 13.6 Å². The fraction of sp³-hybridized carbons (Fsp3) is 0.0714. The van der Waals surface area contributed by atoms with E-state index in [2.05, 4.69) is 0 Å². The molecule has 0 fully saturated rings. The van der Waals surface area contributed by atoms with Crippen molar-refractivity contribution < 1.29 is 28.5 Å². The summed E-state index contributed by atoms with van der Waals surface area (Å²) in [6, 6.07) is 7.10. The van der Waals surface area contributed by atoms with Gasteiger partial charge in [0, 0.05) is 0 Å². The quantitative estimate of drug-likeness (QED) is 0.903. The topological polar surface area (TPSA) is 66.8 Å². The normalized spacial score (nSPS) is 10.3. The van der Waals surface area contributed by atoms with Gasteiger partial charge in [-0.1, -0.05) is 0 Å². The molecule has 4 nitrogen and oxygen atoms in total. The molecule has 20 heavy (non-hydrogen) atoms. The van der Waals surface area contributed by atoms with Gasteiger partial charge in [0.1, 0.15) is 29.7 Å². The van der Waals surface area contributed by atoms with Crippen molar-refractivity contribution in [3.63, 3.8) is 0 Å². The van der Waals surface area contributed by atoms with E-state index in [4.69, 9.17) is 14.9 Å². The number of hydrogen-bond donors (Lipinski definition) is 2. The number of carbonyl (C=O) groups is 1. The SMILES string of the molecule is O=C(O)c1cc(F)c(COc2ccc(O)cc2)c(F)c1. The molecule has 0 heterocycles. The summed E-state index contributed by atoms with van der Waals surface area (Å²) in [4.78, 5) is 10.6. The second-order valence-corrected chi connectivity index (χ2v) is 4.01. The number of carboxylic acids is 1. The minimum Gasteiger partial charge on any atom is -0.508 e. The second kappa shape index (κ2) is 5.56. The van der Waals surface area contributed by atoms with E-state index in [1.165, 1.54) is 24.3 Å². The summed E-state index contributed by atoms with van der Waals surface area (Å²) in [6.45, 7) is -0.387. The smallest absolute Gasteiger partial charge is 0.335 e. The van der Waals surface area contributed by atoms with Crippen LogP contribution in [-0.4, -0.2) is 16.2 Å². The van der Waals surface area contributed by atoms with Gasteiger partial charge < -0.3 is 14.9 Å². The Balaban J connectivity index is 2.17. The number of halogens is 2. The molecule has 0 amide bonds. The summed E-state index contributed by atoms with van der Waals surface area (Å²) in [5.74, 6) is -3.01. The molecule has 0 aromatic heterocycles. The molecule has 6 heteroatoms. The Hall–Kier alpha value is -2.63. The van der Waals surface area contributed by atoms with Gasteiger partial charge in [-0.15, -0.1) is 0 Å². The van der Waals surface area contributed by atoms with Crippen molar-refractivity contribution >= 4 is 5.97 Å². The number of ether oxygens (including phenoxy) is 1. The molecule has 0 aliphatic carbocycles. The van der Waals surface area contributed by atoms with Crippen molar-refractivity contribution in [3.05, 3.63) is 59.2 Å². The molecule has 0 bridgehead atoms. The fourth-order valence-corrected chi connectivity index (χ4v) is 1.56. The zero-order valence-corrected chi connectivity index (χ0v) is 10.1. The van der Waals surface area contributed by atoms with Crippen LogP contribution >= 0.6 is 0 Å². The molecule has 0 unspecified atom stereocenters. The number of benzene rings is 2. The lowest BCUT2D eigenvalue weighted by molar-refractivity contribution is 0.0695. The largest absolute Gasteiger partial charge is 0.508 e. The first kappa shape index (κ1) is 13.8. The molecular weight excluding hydrogens is 270 g/mol. The molecule has 0 aliphatic rings. The Kier molecular flexibility index (Phi) is 3.84. The summed E-state index contributed by atoms with van der Waals surface area (Å²) >= 11 is 0. The Bertz CT molecular complexity index is 615. The zero-order chi connectivity index (χ0) is 14.7. The van der Waals surface area contributed by atoms with E-state index in [0.717, 1.165) is 12.1 Å². The molecule has 0 radical (unpaired) electrons. The molecule has 2 rings (SSSR count). The van der Waals surface area contributed by atoms with Gasteiger partial charge in [-0.25, -0.2) is 13.6 Å². The number of rotatable bonds is 4. The molecule has 0 spiro atoms. The number of phenols is 1. The number of aromatic hydroxyl groups is 1. The van der Waals surface area contributed by atoms with Crippen molar-refractivity contribution in [1.82, 2.24) is 0 Å². The van der Waals surface area contributed by atoms with Crippen LogP contribution in [0.2, 0.25) is 0 Å². The van der Waals surface area contributed by atoms with Crippen LogP contribution < -0.4 is 4.74 Å². The highest BCUT2D eigenvalue weighted by atomic mass is 19.1. The lowest BCUT2D eigenvalue weighted by Gasteiger charge is -2.09. The summed E-state index contributed by atoms with van der Waals surface area (Å²) in [6.07, 6.45) is 0. The molecule has 0 saturated carbocycles. The van der Waals surface area contributed by atoms with Crippen LogP contribution in [0.4, 0.5) is 8.78 Å². The Morgan fingerprint density at radius 2 is 1.65 bits per heavy atom. The molecule has 0 atom stereocenters. The minimum atomic E-state index is -1.41. The molecule has 0 saturated heterocycles. The van der Waals surface area contributed by atoms with E-state index in [0.29, 0.717) is 5.75 Å². The predicted octanol–water partition coefficient (Wildman–Crippen LogP) is 2.95. The first-order valence-electron chi connectivity index (χ1n) is 5.60. The number of hydrogen-bond acceptors (Lipinski definition) is 3. The van der Waals surface area contributed by atoms with Crippen LogP contribution in [0.15, 0.2) is 36.4 Å². The zero-order valence-electron chi connectivity index (χ0n) is 10.1. The maximum absolute atomic E-state index is 13.6. The van der Waals surface area contributed by atoms with Crippen LogP contribution in [0.3, 0.4) is 0 Å². The fourth-order valence-electron chi connectivity index (χ4n) is 1.56.